The Kier molecular flexibility index (Phi) is 5.29. The summed E-state index contributed by atoms with van der Waals surface area (Å²) in [7, 11) is 0. The highest BCUT2D eigenvalue weighted by atomic mass is 19.1. The van der Waals surface area contributed by atoms with Crippen molar-refractivity contribution in [3.63, 3.8) is 0 Å². The Morgan fingerprint density at radius 3 is 2.34 bits per heavy atom. The number of hydrogen-bond donors (Lipinski definition) is 1. The number of nitrogens with one attached hydrogen (secondary N) is 1. The zero-order chi connectivity index (χ0) is 20.4. The van der Waals surface area contributed by atoms with Crippen LogP contribution < -0.4 is 10.5 Å². The average molecular weight is 397 g/mol. The molecule has 2 heterocycles. The van der Waals surface area contributed by atoms with Gasteiger partial charge < -0.3 is 14.8 Å². The van der Waals surface area contributed by atoms with Crippen LogP contribution in [0.5, 0.6) is 0 Å². The lowest BCUT2D eigenvalue weighted by atomic mass is 10.1. The van der Waals surface area contributed by atoms with E-state index in [0.717, 1.165) is 11.1 Å². The van der Waals surface area contributed by atoms with E-state index in [1.54, 1.807) is 29.2 Å². The third-order valence-corrected chi connectivity index (χ3v) is 5.32. The van der Waals surface area contributed by atoms with Gasteiger partial charge in [-0.1, -0.05) is 0 Å². The van der Waals surface area contributed by atoms with Crippen molar-refractivity contribution in [2.24, 2.45) is 0 Å². The molecule has 0 atom stereocenters. The zero-order valence-electron chi connectivity index (χ0n) is 15.8. The summed E-state index contributed by atoms with van der Waals surface area (Å²) in [6.07, 6.45) is 0.575. The lowest BCUT2D eigenvalue weighted by molar-refractivity contribution is -0.131. The van der Waals surface area contributed by atoms with Gasteiger partial charge in [-0.2, -0.15) is 0 Å². The van der Waals surface area contributed by atoms with Gasteiger partial charge >= 0.3 is 0 Å². The molecular weight excluding hydrogens is 376 g/mol. The molecule has 0 aliphatic carbocycles. The van der Waals surface area contributed by atoms with E-state index in [0.29, 0.717) is 43.7 Å². The third kappa shape index (κ3) is 4.29. The maximum atomic E-state index is 13.3. The average Bonchev–Trinajstić information content (AvgIpc) is 2.73. The van der Waals surface area contributed by atoms with Crippen LogP contribution in [0.3, 0.4) is 0 Å². The second-order valence-corrected chi connectivity index (χ2v) is 7.20. The molecule has 0 unspecified atom stereocenters. The molecule has 0 radical (unpaired) electrons. The normalized spacial score (nSPS) is 14.4. The van der Waals surface area contributed by atoms with Crippen molar-refractivity contribution in [2.75, 3.05) is 31.1 Å². The summed E-state index contributed by atoms with van der Waals surface area (Å²) in [4.78, 5) is 31.4. The molecule has 0 spiro atoms. The van der Waals surface area contributed by atoms with Gasteiger partial charge in [0.05, 0.1) is 5.52 Å². The molecule has 1 aliphatic rings. The molecule has 1 saturated heterocycles. The highest BCUT2D eigenvalue weighted by molar-refractivity contribution is 5.80. The second kappa shape index (κ2) is 8.03. The minimum absolute atomic E-state index is 0.00218. The summed E-state index contributed by atoms with van der Waals surface area (Å²) < 4.78 is 26.4. The minimum Gasteiger partial charge on any atom is -0.368 e. The summed E-state index contributed by atoms with van der Waals surface area (Å²) in [5, 5.41) is 0.737. The fourth-order valence-corrected chi connectivity index (χ4v) is 3.67. The van der Waals surface area contributed by atoms with Crippen molar-refractivity contribution in [3.05, 3.63) is 76.1 Å². The Bertz CT molecular complexity index is 1090. The number of halogens is 2. The number of nitrogens with zero attached hydrogens (tertiary/aromatic N) is 2. The number of pyridine rings is 1. The number of amides is 1. The Morgan fingerprint density at radius 1 is 0.931 bits per heavy atom. The number of aromatic nitrogens is 1. The number of piperazine rings is 1. The van der Waals surface area contributed by atoms with Gasteiger partial charge in [0.25, 0.3) is 5.56 Å². The van der Waals surface area contributed by atoms with E-state index in [1.807, 2.05) is 0 Å². The van der Waals surface area contributed by atoms with Gasteiger partial charge in [-0.15, -0.1) is 0 Å². The molecule has 2 aromatic carbocycles. The first-order chi connectivity index (χ1) is 14.0. The number of H-pyrrole nitrogens is 1. The van der Waals surface area contributed by atoms with E-state index < -0.39 is 5.82 Å². The molecule has 1 fully saturated rings. The summed E-state index contributed by atoms with van der Waals surface area (Å²) in [5.74, 6) is -0.672. The van der Waals surface area contributed by atoms with Crippen LogP contribution in [0, 0.1) is 11.6 Å². The molecule has 0 bridgehead atoms. The highest BCUT2D eigenvalue weighted by Gasteiger charge is 2.21. The van der Waals surface area contributed by atoms with E-state index in [4.69, 9.17) is 0 Å². The number of benzene rings is 2. The quantitative estimate of drug-likeness (QED) is 0.736. The van der Waals surface area contributed by atoms with Gasteiger partial charge in [0, 0.05) is 43.9 Å². The first-order valence-corrected chi connectivity index (χ1v) is 9.59. The molecule has 1 N–H and O–H groups in total. The van der Waals surface area contributed by atoms with Gasteiger partial charge in [0.15, 0.2) is 0 Å². The Balaban J connectivity index is 1.35. The van der Waals surface area contributed by atoms with Crippen LogP contribution in [0.15, 0.2) is 53.3 Å². The predicted octanol–water partition coefficient (Wildman–Crippen LogP) is 3.09. The molecule has 150 valence electrons. The predicted molar refractivity (Wildman–Crippen MR) is 108 cm³/mol. The van der Waals surface area contributed by atoms with Crippen molar-refractivity contribution in [3.8, 4) is 0 Å². The molecule has 3 aromatic rings. The molecule has 4 rings (SSSR count). The molecule has 1 aliphatic heterocycles. The lowest BCUT2D eigenvalue weighted by Gasteiger charge is -2.36. The van der Waals surface area contributed by atoms with Gasteiger partial charge in [-0.05, 0) is 60.3 Å². The number of aromatic amines is 1. The van der Waals surface area contributed by atoms with E-state index in [1.165, 1.54) is 24.3 Å². The number of fused-ring (bicyclic) bond motifs is 1. The minimum atomic E-state index is -0.407. The Hall–Kier alpha value is -3.22. The van der Waals surface area contributed by atoms with E-state index >= 15 is 0 Å². The van der Waals surface area contributed by atoms with E-state index in [-0.39, 0.29) is 23.7 Å². The first kappa shape index (κ1) is 19.1. The van der Waals surface area contributed by atoms with Crippen LogP contribution in [0.1, 0.15) is 12.0 Å². The van der Waals surface area contributed by atoms with Crippen molar-refractivity contribution in [1.82, 2.24) is 9.88 Å². The van der Waals surface area contributed by atoms with Crippen molar-refractivity contribution < 1.29 is 13.6 Å². The van der Waals surface area contributed by atoms with E-state index in [9.17, 15) is 18.4 Å². The second-order valence-electron chi connectivity index (χ2n) is 7.20. The van der Waals surface area contributed by atoms with Crippen LogP contribution >= 0.6 is 0 Å². The highest BCUT2D eigenvalue weighted by Crippen LogP contribution is 2.18. The summed E-state index contributed by atoms with van der Waals surface area (Å²) in [5.41, 5.74) is 1.61. The van der Waals surface area contributed by atoms with Gasteiger partial charge in [0.2, 0.25) is 5.91 Å². The van der Waals surface area contributed by atoms with Crippen molar-refractivity contribution >= 4 is 22.5 Å². The fourth-order valence-electron chi connectivity index (χ4n) is 3.67. The van der Waals surface area contributed by atoms with Gasteiger partial charge in [-0.3, -0.25) is 9.59 Å². The number of hydrogen-bond acceptors (Lipinski definition) is 3. The third-order valence-electron chi connectivity index (χ3n) is 5.32. The van der Waals surface area contributed by atoms with E-state index in [2.05, 4.69) is 9.88 Å². The number of rotatable bonds is 4. The van der Waals surface area contributed by atoms with Crippen LogP contribution in [0.4, 0.5) is 14.5 Å². The fraction of sp³-hybridized carbons (Fsp3) is 0.273. The Morgan fingerprint density at radius 2 is 1.62 bits per heavy atom. The van der Waals surface area contributed by atoms with Gasteiger partial charge in [-0.25, -0.2) is 8.78 Å². The topological polar surface area (TPSA) is 56.4 Å². The van der Waals surface area contributed by atoms with Gasteiger partial charge in [0.1, 0.15) is 11.6 Å². The van der Waals surface area contributed by atoms with Crippen molar-refractivity contribution in [2.45, 2.75) is 12.8 Å². The molecule has 1 aromatic heterocycles. The SMILES string of the molecule is O=C(CCc1cc2ccc(F)cc2[nH]c1=O)N1CCN(c2ccc(F)cc2)CC1. The molecule has 0 saturated carbocycles. The monoisotopic (exact) mass is 397 g/mol. The summed E-state index contributed by atoms with van der Waals surface area (Å²) in [6.45, 7) is 2.53. The number of aryl methyl sites for hydroxylation is 1. The smallest absolute Gasteiger partial charge is 0.251 e. The summed E-state index contributed by atoms with van der Waals surface area (Å²) >= 11 is 0. The number of carbonyl (C=O) groups is 1. The summed E-state index contributed by atoms with van der Waals surface area (Å²) in [6, 6.07) is 12.3. The van der Waals surface area contributed by atoms with Crippen LogP contribution in [0.2, 0.25) is 0 Å². The van der Waals surface area contributed by atoms with Crippen LogP contribution in [-0.2, 0) is 11.2 Å². The zero-order valence-corrected chi connectivity index (χ0v) is 15.8. The number of carbonyl (C=O) groups excluding carboxylic acids is 1. The Labute approximate surface area is 166 Å². The van der Waals surface area contributed by atoms with Crippen molar-refractivity contribution in [1.29, 1.82) is 0 Å². The first-order valence-electron chi connectivity index (χ1n) is 9.59. The number of anilines is 1. The maximum absolute atomic E-state index is 13.3. The largest absolute Gasteiger partial charge is 0.368 e. The molecule has 29 heavy (non-hydrogen) atoms. The molecule has 5 nitrogen and oxygen atoms in total. The maximum Gasteiger partial charge on any atom is 0.251 e. The van der Waals surface area contributed by atoms with Crippen LogP contribution in [-0.4, -0.2) is 42.0 Å². The molecule has 7 heteroatoms. The standard InChI is InChI=1S/C22H21F2N3O2/c23-17-4-6-19(7-5-17)26-9-11-27(12-10-26)21(28)8-2-16-13-15-1-3-18(24)14-20(15)25-22(16)29/h1,3-7,13-14H,2,8-12H2,(H,25,29). The lowest BCUT2D eigenvalue weighted by Crippen LogP contribution is -2.48. The molecule has 1 amide bonds. The van der Waals surface area contributed by atoms with Crippen LogP contribution in [0.25, 0.3) is 10.9 Å². The molecular formula is C22H21F2N3O2.